The number of carbonyl (C=O) groups is 1. The molecule has 4 rings (SSSR count). The van der Waals surface area contributed by atoms with Crippen molar-refractivity contribution in [2.75, 3.05) is 24.4 Å². The van der Waals surface area contributed by atoms with Crippen LogP contribution in [0, 0.1) is 11.7 Å². The van der Waals surface area contributed by atoms with E-state index in [1.165, 1.54) is 22.2 Å². The lowest BCUT2D eigenvalue weighted by Gasteiger charge is -2.30. The average molecular weight is 589 g/mol. The highest BCUT2D eigenvalue weighted by Crippen LogP contribution is 2.36. The molecule has 0 saturated carbocycles. The van der Waals surface area contributed by atoms with E-state index in [9.17, 15) is 17.6 Å². The molecule has 0 aliphatic carbocycles. The summed E-state index contributed by atoms with van der Waals surface area (Å²) in [5.74, 6) is -1.58. The molecule has 2 aromatic carbocycles. The molecule has 37 heavy (non-hydrogen) atoms. The second-order valence-electron chi connectivity index (χ2n) is 8.60. The van der Waals surface area contributed by atoms with Gasteiger partial charge in [-0.3, -0.25) is 9.52 Å². The van der Waals surface area contributed by atoms with Gasteiger partial charge in [0.25, 0.3) is 10.0 Å². The molecular weight excluding hydrogens is 564 g/mol. The van der Waals surface area contributed by atoms with Gasteiger partial charge in [-0.05, 0) is 75.1 Å². The van der Waals surface area contributed by atoms with E-state index in [2.05, 4.69) is 14.6 Å². The Morgan fingerprint density at radius 2 is 1.97 bits per heavy atom. The topological polar surface area (TPSA) is 109 Å². The fourth-order valence-electron chi connectivity index (χ4n) is 4.11. The number of carboxylic acid groups (broad SMARTS) is 1. The number of hydrogen-bond donors (Lipinski definition) is 2. The van der Waals surface area contributed by atoms with E-state index in [0.717, 1.165) is 43.8 Å². The van der Waals surface area contributed by atoms with Crippen molar-refractivity contribution in [3.63, 3.8) is 0 Å². The predicted octanol–water partition coefficient (Wildman–Crippen LogP) is 5.91. The van der Waals surface area contributed by atoms with Crippen molar-refractivity contribution in [2.24, 2.45) is 5.92 Å². The molecule has 2 N–H and O–H groups in total. The third kappa shape index (κ3) is 7.11. The number of halogens is 3. The van der Waals surface area contributed by atoms with E-state index >= 15 is 0 Å². The van der Waals surface area contributed by atoms with Crippen molar-refractivity contribution in [1.29, 1.82) is 0 Å². The van der Waals surface area contributed by atoms with Gasteiger partial charge in [-0.25, -0.2) is 17.8 Å². The summed E-state index contributed by atoms with van der Waals surface area (Å²) in [5.41, 5.74) is 2.23. The number of thiazole rings is 1. The Bertz CT molecular complexity index is 1360. The lowest BCUT2D eigenvalue weighted by Crippen LogP contribution is -2.36. The molecule has 0 bridgehead atoms. The molecule has 8 nitrogen and oxygen atoms in total. The first-order chi connectivity index (χ1) is 17.6. The number of aliphatic carboxylic acids is 1. The second kappa shape index (κ2) is 12.0. The van der Waals surface area contributed by atoms with Gasteiger partial charge in [0.2, 0.25) is 0 Å². The molecular formula is C24H24Cl2FN3O5S2. The van der Waals surface area contributed by atoms with Gasteiger partial charge in [-0.2, -0.15) is 0 Å². The van der Waals surface area contributed by atoms with Crippen LogP contribution in [0.4, 0.5) is 10.2 Å². The Morgan fingerprint density at radius 1 is 1.22 bits per heavy atom. The molecule has 1 fully saturated rings. The van der Waals surface area contributed by atoms with Crippen molar-refractivity contribution in [2.45, 2.75) is 30.6 Å². The maximum atomic E-state index is 14.9. The first-order valence-corrected chi connectivity index (χ1v) is 14.6. The number of carboxylic acids is 1. The fraction of sp³-hybridized carbons (Fsp3) is 0.333. The molecule has 1 saturated heterocycles. The van der Waals surface area contributed by atoms with E-state index in [1.807, 2.05) is 0 Å². The van der Waals surface area contributed by atoms with Gasteiger partial charge in [0.1, 0.15) is 22.2 Å². The molecule has 0 radical (unpaired) electrons. The molecule has 1 aromatic heterocycles. The molecule has 198 valence electrons. The molecule has 13 heteroatoms. The Morgan fingerprint density at radius 3 is 2.65 bits per heavy atom. The van der Waals surface area contributed by atoms with Gasteiger partial charge in [0.15, 0.2) is 5.82 Å². The lowest BCUT2D eigenvalue weighted by molar-refractivity contribution is -0.143. The number of piperidine rings is 1. The molecule has 0 amide bonds. The second-order valence-corrected chi connectivity index (χ2v) is 11.8. The van der Waals surface area contributed by atoms with Crippen LogP contribution in [0.2, 0.25) is 10.0 Å². The van der Waals surface area contributed by atoms with Crippen molar-refractivity contribution in [1.82, 2.24) is 9.88 Å². The summed E-state index contributed by atoms with van der Waals surface area (Å²) < 4.78 is 48.2. The normalized spacial score (nSPS) is 15.0. The van der Waals surface area contributed by atoms with Crippen molar-refractivity contribution >= 4 is 56.3 Å². The molecule has 0 atom stereocenters. The minimum absolute atomic E-state index is 0.0360. The quantitative estimate of drug-likeness (QED) is 0.303. The SMILES string of the molecule is O=C(O)C1CCN(CCCc2cc(Cl)ccc2Oc2cc(F)c(S(=O)(=O)Nc3cscn3)cc2Cl)CC1. The van der Waals surface area contributed by atoms with Crippen LogP contribution in [0.1, 0.15) is 24.8 Å². The van der Waals surface area contributed by atoms with Crippen LogP contribution in [-0.4, -0.2) is 49.0 Å². The number of aryl methyl sites for hydroxylation is 1. The molecule has 3 aromatic rings. The van der Waals surface area contributed by atoms with E-state index in [0.29, 0.717) is 30.0 Å². The number of likely N-dealkylation sites (tertiary alicyclic amines) is 1. The third-order valence-corrected chi connectivity index (χ3v) is 8.53. The smallest absolute Gasteiger partial charge is 0.306 e. The van der Waals surface area contributed by atoms with Crippen LogP contribution in [-0.2, 0) is 21.2 Å². The summed E-state index contributed by atoms with van der Waals surface area (Å²) in [4.78, 5) is 16.6. The fourth-order valence-corrected chi connectivity index (χ4v) is 6.21. The van der Waals surface area contributed by atoms with Gasteiger partial charge < -0.3 is 14.7 Å². The van der Waals surface area contributed by atoms with Crippen LogP contribution in [0.5, 0.6) is 11.5 Å². The van der Waals surface area contributed by atoms with Crippen LogP contribution < -0.4 is 9.46 Å². The Balaban J connectivity index is 1.44. The molecule has 1 aliphatic rings. The maximum Gasteiger partial charge on any atom is 0.306 e. The number of anilines is 1. The molecule has 2 heterocycles. The average Bonchev–Trinajstić information content (AvgIpc) is 3.35. The van der Waals surface area contributed by atoms with Crippen molar-refractivity contribution < 1.29 is 27.4 Å². The number of ether oxygens (including phenoxy) is 1. The Hall–Kier alpha value is -2.44. The van der Waals surface area contributed by atoms with Crippen LogP contribution >= 0.6 is 34.5 Å². The number of sulfonamides is 1. The highest BCUT2D eigenvalue weighted by Gasteiger charge is 2.25. The Kier molecular flexibility index (Phi) is 8.91. The zero-order chi connectivity index (χ0) is 26.6. The van der Waals surface area contributed by atoms with Gasteiger partial charge >= 0.3 is 5.97 Å². The molecule has 1 aliphatic heterocycles. The first-order valence-electron chi connectivity index (χ1n) is 11.4. The predicted molar refractivity (Wildman–Crippen MR) is 141 cm³/mol. The summed E-state index contributed by atoms with van der Waals surface area (Å²) >= 11 is 13.7. The highest BCUT2D eigenvalue weighted by molar-refractivity contribution is 7.92. The number of hydrogen-bond acceptors (Lipinski definition) is 7. The van der Waals surface area contributed by atoms with Crippen LogP contribution in [0.3, 0.4) is 0 Å². The van der Waals surface area contributed by atoms with Crippen LogP contribution in [0.25, 0.3) is 0 Å². The molecule has 0 unspecified atom stereocenters. The zero-order valence-corrected chi connectivity index (χ0v) is 22.6. The number of aromatic nitrogens is 1. The summed E-state index contributed by atoms with van der Waals surface area (Å²) in [7, 11) is -4.25. The van der Waals surface area contributed by atoms with Gasteiger partial charge in [0.05, 0.1) is 16.5 Å². The monoisotopic (exact) mass is 587 g/mol. The standard InChI is InChI=1S/C24H24Cl2FN3O5S2/c25-17-3-4-20(16(10-17)2-1-7-30-8-5-15(6-9-30)24(31)32)35-21-12-19(27)22(11-18(21)26)37(33,34)29-23-13-36-14-28-23/h3-4,10-15,29H,1-2,5-9H2,(H,31,32). The maximum absolute atomic E-state index is 14.9. The first kappa shape index (κ1) is 27.6. The van der Waals surface area contributed by atoms with Crippen molar-refractivity contribution in [3.05, 3.63) is 62.6 Å². The number of nitrogens with zero attached hydrogens (tertiary/aromatic N) is 2. The van der Waals surface area contributed by atoms with E-state index in [4.69, 9.17) is 33.0 Å². The Labute approximate surface area is 228 Å². The largest absolute Gasteiger partial charge is 0.481 e. The van der Waals surface area contributed by atoms with Gasteiger partial charge in [0, 0.05) is 16.5 Å². The number of rotatable bonds is 10. The van der Waals surface area contributed by atoms with Gasteiger partial charge in [-0.15, -0.1) is 11.3 Å². The minimum atomic E-state index is -4.25. The number of benzene rings is 2. The number of nitrogens with one attached hydrogen (secondary N) is 1. The lowest BCUT2D eigenvalue weighted by atomic mass is 9.97. The third-order valence-electron chi connectivity index (χ3n) is 6.05. The summed E-state index contributed by atoms with van der Waals surface area (Å²) in [5, 5.41) is 11.1. The van der Waals surface area contributed by atoms with E-state index in [1.54, 1.807) is 18.2 Å². The van der Waals surface area contributed by atoms with E-state index < -0.39 is 26.7 Å². The van der Waals surface area contributed by atoms with Crippen LogP contribution in [0.15, 0.2) is 46.1 Å². The highest BCUT2D eigenvalue weighted by atomic mass is 35.5. The summed E-state index contributed by atoms with van der Waals surface area (Å²) in [6.07, 6.45) is 2.65. The summed E-state index contributed by atoms with van der Waals surface area (Å²) in [6.45, 7) is 2.25. The van der Waals surface area contributed by atoms with Crippen molar-refractivity contribution in [3.8, 4) is 11.5 Å². The summed E-state index contributed by atoms with van der Waals surface area (Å²) in [6, 6.07) is 6.98. The van der Waals surface area contributed by atoms with E-state index in [-0.39, 0.29) is 22.5 Å². The van der Waals surface area contributed by atoms with Gasteiger partial charge in [-0.1, -0.05) is 23.2 Å². The molecule has 0 spiro atoms. The zero-order valence-electron chi connectivity index (χ0n) is 19.5. The minimum Gasteiger partial charge on any atom is -0.481 e.